The Hall–Kier alpha value is -0.990. The third-order valence-corrected chi connectivity index (χ3v) is 6.59. The van der Waals surface area contributed by atoms with Crippen molar-refractivity contribution in [2.75, 3.05) is 47.5 Å². The number of phosphoric ester groups is 1. The van der Waals surface area contributed by atoms with Crippen LogP contribution in [0, 0.1) is 0 Å². The SMILES string of the molecule is CCCCCCCCCCCCCC(=O)OC(COC(=O)CCC)COP(=O)(O)OCC[N+](C)(C)C. The van der Waals surface area contributed by atoms with Gasteiger partial charge in [-0.15, -0.1) is 0 Å². The highest BCUT2D eigenvalue weighted by Gasteiger charge is 2.26. The van der Waals surface area contributed by atoms with Gasteiger partial charge in [-0.25, -0.2) is 4.57 Å². The first-order valence-electron chi connectivity index (χ1n) is 13.8. The standard InChI is InChI=1S/C26H52NO8P/c1-6-8-9-10-11-12-13-14-15-16-17-19-26(29)35-24(22-32-25(28)18-7-2)23-34-36(30,31)33-21-20-27(3,4)5/h24H,6-23H2,1-5H3/p+1. The second-order valence-electron chi connectivity index (χ2n) is 10.4. The van der Waals surface area contributed by atoms with Crippen molar-refractivity contribution in [3.8, 4) is 0 Å². The van der Waals surface area contributed by atoms with Gasteiger partial charge in [-0.3, -0.25) is 18.6 Å². The number of quaternary nitrogens is 1. The summed E-state index contributed by atoms with van der Waals surface area (Å²) < 4.78 is 33.3. The predicted octanol–water partition coefficient (Wildman–Crippen LogP) is 5.78. The van der Waals surface area contributed by atoms with Gasteiger partial charge in [-0.1, -0.05) is 78.1 Å². The fraction of sp³-hybridized carbons (Fsp3) is 0.923. The van der Waals surface area contributed by atoms with Crippen LogP contribution >= 0.6 is 7.82 Å². The first kappa shape index (κ1) is 35.0. The average Bonchev–Trinajstić information content (AvgIpc) is 2.78. The maximum Gasteiger partial charge on any atom is 0.472 e. The molecule has 0 bridgehead atoms. The fourth-order valence-electron chi connectivity index (χ4n) is 3.40. The van der Waals surface area contributed by atoms with Crippen molar-refractivity contribution < 1.29 is 42.1 Å². The molecular formula is C26H53NO8P+. The minimum Gasteiger partial charge on any atom is -0.462 e. The van der Waals surface area contributed by atoms with E-state index in [1.807, 2.05) is 28.1 Å². The summed E-state index contributed by atoms with van der Waals surface area (Å²) in [6.07, 6.45) is 13.1. The van der Waals surface area contributed by atoms with Crippen LogP contribution in [-0.2, 0) is 32.7 Å². The number of rotatable bonds is 24. The number of hydrogen-bond donors (Lipinski definition) is 1. The molecule has 214 valence electrons. The smallest absolute Gasteiger partial charge is 0.462 e. The first-order valence-corrected chi connectivity index (χ1v) is 15.3. The van der Waals surface area contributed by atoms with Gasteiger partial charge < -0.3 is 18.9 Å². The molecule has 2 atom stereocenters. The van der Waals surface area contributed by atoms with E-state index in [1.54, 1.807) is 0 Å². The molecule has 1 N–H and O–H groups in total. The molecule has 0 aliphatic heterocycles. The van der Waals surface area contributed by atoms with Crippen molar-refractivity contribution >= 4 is 19.8 Å². The van der Waals surface area contributed by atoms with Gasteiger partial charge in [0.1, 0.15) is 19.8 Å². The quantitative estimate of drug-likeness (QED) is 0.0713. The van der Waals surface area contributed by atoms with Gasteiger partial charge in [-0.05, 0) is 12.8 Å². The molecule has 9 nitrogen and oxygen atoms in total. The Balaban J connectivity index is 4.33. The molecule has 2 unspecified atom stereocenters. The van der Waals surface area contributed by atoms with Crippen molar-refractivity contribution in [1.82, 2.24) is 0 Å². The molecule has 0 amide bonds. The summed E-state index contributed by atoms with van der Waals surface area (Å²) in [5.74, 6) is -0.861. The molecule has 0 aliphatic carbocycles. The first-order chi connectivity index (χ1) is 17.0. The van der Waals surface area contributed by atoms with Crippen molar-refractivity contribution in [3.63, 3.8) is 0 Å². The average molecular weight is 539 g/mol. The van der Waals surface area contributed by atoms with E-state index in [2.05, 4.69) is 6.92 Å². The normalized spacial score (nSPS) is 14.3. The van der Waals surface area contributed by atoms with Crippen LogP contribution in [0.3, 0.4) is 0 Å². The maximum absolute atomic E-state index is 12.3. The lowest BCUT2D eigenvalue weighted by Gasteiger charge is -2.24. The molecule has 36 heavy (non-hydrogen) atoms. The summed E-state index contributed by atoms with van der Waals surface area (Å²) in [7, 11) is 1.47. The Labute approximate surface area is 219 Å². The predicted molar refractivity (Wildman–Crippen MR) is 141 cm³/mol. The molecular weight excluding hydrogens is 485 g/mol. The molecule has 0 saturated carbocycles. The Morgan fingerprint density at radius 1 is 0.750 bits per heavy atom. The molecule has 0 aliphatic rings. The number of nitrogens with zero attached hydrogens (tertiary/aromatic N) is 1. The Morgan fingerprint density at radius 2 is 1.31 bits per heavy atom. The van der Waals surface area contributed by atoms with Crippen molar-refractivity contribution in [3.05, 3.63) is 0 Å². The molecule has 0 radical (unpaired) electrons. The molecule has 0 rings (SSSR count). The number of esters is 2. The van der Waals surface area contributed by atoms with Gasteiger partial charge in [-0.2, -0.15) is 0 Å². The van der Waals surface area contributed by atoms with Gasteiger partial charge in [0.25, 0.3) is 0 Å². The Morgan fingerprint density at radius 3 is 1.83 bits per heavy atom. The molecule has 0 fully saturated rings. The monoisotopic (exact) mass is 538 g/mol. The number of carbonyl (C=O) groups is 2. The zero-order chi connectivity index (χ0) is 27.3. The van der Waals surface area contributed by atoms with E-state index in [9.17, 15) is 19.0 Å². The van der Waals surface area contributed by atoms with E-state index < -0.39 is 32.5 Å². The maximum atomic E-state index is 12.3. The van der Waals surface area contributed by atoms with E-state index in [4.69, 9.17) is 18.5 Å². The number of phosphoric acid groups is 1. The summed E-state index contributed by atoms with van der Waals surface area (Å²) in [5, 5.41) is 0. The summed E-state index contributed by atoms with van der Waals surface area (Å²) in [6.45, 7) is 3.99. The van der Waals surface area contributed by atoms with E-state index in [-0.39, 0.29) is 26.1 Å². The number of hydrogen-bond acceptors (Lipinski definition) is 7. The third kappa shape index (κ3) is 23.4. The van der Waals surface area contributed by atoms with Gasteiger partial charge in [0, 0.05) is 12.8 Å². The highest BCUT2D eigenvalue weighted by molar-refractivity contribution is 7.47. The lowest BCUT2D eigenvalue weighted by molar-refractivity contribution is -0.870. The molecule has 0 aromatic heterocycles. The summed E-state index contributed by atoms with van der Waals surface area (Å²) in [4.78, 5) is 34.0. The molecule has 0 saturated heterocycles. The minimum atomic E-state index is -4.33. The zero-order valence-electron chi connectivity index (χ0n) is 23.5. The molecule has 0 aromatic rings. The number of carbonyl (C=O) groups excluding carboxylic acids is 2. The summed E-state index contributed by atoms with van der Waals surface area (Å²) >= 11 is 0. The highest BCUT2D eigenvalue weighted by Crippen LogP contribution is 2.43. The van der Waals surface area contributed by atoms with Crippen molar-refractivity contribution in [2.45, 2.75) is 110 Å². The van der Waals surface area contributed by atoms with E-state index >= 15 is 0 Å². The second kappa shape index (κ2) is 21.0. The summed E-state index contributed by atoms with van der Waals surface area (Å²) in [6, 6.07) is 0. The zero-order valence-corrected chi connectivity index (χ0v) is 24.4. The lowest BCUT2D eigenvalue weighted by atomic mass is 10.1. The van der Waals surface area contributed by atoms with Crippen LogP contribution in [0.5, 0.6) is 0 Å². The number of ether oxygens (including phenoxy) is 2. The molecule has 0 heterocycles. The molecule has 0 aromatic carbocycles. The van der Waals surface area contributed by atoms with Crippen LogP contribution in [0.2, 0.25) is 0 Å². The van der Waals surface area contributed by atoms with Crippen LogP contribution in [0.4, 0.5) is 0 Å². The van der Waals surface area contributed by atoms with Crippen molar-refractivity contribution in [1.29, 1.82) is 0 Å². The van der Waals surface area contributed by atoms with Crippen molar-refractivity contribution in [2.24, 2.45) is 0 Å². The Kier molecular flexibility index (Phi) is 20.4. The van der Waals surface area contributed by atoms with Crippen LogP contribution < -0.4 is 0 Å². The van der Waals surface area contributed by atoms with Gasteiger partial charge in [0.15, 0.2) is 6.10 Å². The number of likely N-dealkylation sites (N-methyl/N-ethyl adjacent to an activating group) is 1. The largest absolute Gasteiger partial charge is 0.472 e. The van der Waals surface area contributed by atoms with Gasteiger partial charge in [0.2, 0.25) is 0 Å². The van der Waals surface area contributed by atoms with E-state index in [1.165, 1.54) is 51.4 Å². The second-order valence-corrected chi connectivity index (χ2v) is 11.9. The summed E-state index contributed by atoms with van der Waals surface area (Å²) in [5.41, 5.74) is 0. The van der Waals surface area contributed by atoms with E-state index in [0.29, 0.717) is 23.9 Å². The van der Waals surface area contributed by atoms with E-state index in [0.717, 1.165) is 12.8 Å². The molecule has 10 heteroatoms. The molecule has 0 spiro atoms. The van der Waals surface area contributed by atoms with Gasteiger partial charge in [0.05, 0.1) is 27.7 Å². The fourth-order valence-corrected chi connectivity index (χ4v) is 4.14. The van der Waals surface area contributed by atoms with Crippen LogP contribution in [0.1, 0.15) is 104 Å². The van der Waals surface area contributed by atoms with Crippen LogP contribution in [0.25, 0.3) is 0 Å². The van der Waals surface area contributed by atoms with Gasteiger partial charge >= 0.3 is 19.8 Å². The number of unbranched alkanes of at least 4 members (excludes halogenated alkanes) is 10. The Bertz CT molecular complexity index is 624. The highest BCUT2D eigenvalue weighted by atomic mass is 31.2. The van der Waals surface area contributed by atoms with Crippen LogP contribution in [-0.4, -0.2) is 74.9 Å². The topological polar surface area (TPSA) is 108 Å². The minimum absolute atomic E-state index is 0.0338. The van der Waals surface area contributed by atoms with Crippen LogP contribution in [0.15, 0.2) is 0 Å². The lowest BCUT2D eigenvalue weighted by Crippen LogP contribution is -2.37. The third-order valence-electron chi connectivity index (χ3n) is 5.61.